The standard InChI is InChI=1S/C29H22N4O3/c1-18-11-12-21(28(35)36)17-25(18)31-27(34)20-13-15-22(16-14-20)30-29-32-24-10-6-5-9-23(24)26(33-29)19-7-3-2-4-8-19/h2-17H,1H3,(H,31,34)(H,35,36)(H,30,32,33). The number of hydrogen-bond acceptors (Lipinski definition) is 5. The van der Waals surface area contributed by atoms with E-state index < -0.39 is 5.97 Å². The molecule has 0 atom stereocenters. The van der Waals surface area contributed by atoms with Gasteiger partial charge in [-0.3, -0.25) is 4.79 Å². The second-order valence-electron chi connectivity index (χ2n) is 8.27. The number of aromatic nitrogens is 2. The topological polar surface area (TPSA) is 104 Å². The molecule has 7 nitrogen and oxygen atoms in total. The van der Waals surface area contributed by atoms with E-state index in [1.807, 2.05) is 61.5 Å². The molecule has 0 unspecified atom stereocenters. The van der Waals surface area contributed by atoms with Crippen LogP contribution in [0.2, 0.25) is 0 Å². The number of carboxylic acid groups (broad SMARTS) is 1. The second kappa shape index (κ2) is 9.68. The molecule has 5 rings (SSSR count). The lowest BCUT2D eigenvalue weighted by Crippen LogP contribution is -2.13. The van der Waals surface area contributed by atoms with Gasteiger partial charge in [0, 0.05) is 27.9 Å². The average Bonchev–Trinajstić information content (AvgIpc) is 2.90. The molecule has 36 heavy (non-hydrogen) atoms. The van der Waals surface area contributed by atoms with Crippen LogP contribution in [0.5, 0.6) is 0 Å². The largest absolute Gasteiger partial charge is 0.478 e. The van der Waals surface area contributed by atoms with Gasteiger partial charge in [-0.25, -0.2) is 14.8 Å². The number of anilines is 3. The van der Waals surface area contributed by atoms with Crippen molar-refractivity contribution in [1.82, 2.24) is 9.97 Å². The number of aromatic carboxylic acids is 1. The van der Waals surface area contributed by atoms with Crippen LogP contribution in [-0.2, 0) is 0 Å². The van der Waals surface area contributed by atoms with Crippen LogP contribution < -0.4 is 10.6 Å². The quantitative estimate of drug-likeness (QED) is 0.267. The van der Waals surface area contributed by atoms with Crippen LogP contribution in [-0.4, -0.2) is 27.0 Å². The molecule has 0 fully saturated rings. The molecule has 1 amide bonds. The molecule has 3 N–H and O–H groups in total. The molecule has 0 saturated heterocycles. The molecular weight excluding hydrogens is 452 g/mol. The van der Waals surface area contributed by atoms with E-state index in [4.69, 9.17) is 4.98 Å². The van der Waals surface area contributed by atoms with Crippen LogP contribution in [0.1, 0.15) is 26.3 Å². The molecule has 0 aliphatic heterocycles. The van der Waals surface area contributed by atoms with E-state index in [0.717, 1.165) is 33.4 Å². The maximum atomic E-state index is 12.8. The van der Waals surface area contributed by atoms with Crippen LogP contribution in [0.4, 0.5) is 17.3 Å². The Hall–Kier alpha value is -5.04. The minimum Gasteiger partial charge on any atom is -0.478 e. The Kier molecular flexibility index (Phi) is 6.11. The molecule has 1 aromatic heterocycles. The maximum Gasteiger partial charge on any atom is 0.335 e. The van der Waals surface area contributed by atoms with Crippen molar-refractivity contribution in [2.75, 3.05) is 10.6 Å². The summed E-state index contributed by atoms with van der Waals surface area (Å²) in [6.07, 6.45) is 0. The SMILES string of the molecule is Cc1ccc(C(=O)O)cc1NC(=O)c1ccc(Nc2nc(-c3ccccc3)c3ccccc3n2)cc1. The van der Waals surface area contributed by atoms with Crippen molar-refractivity contribution in [1.29, 1.82) is 0 Å². The van der Waals surface area contributed by atoms with Gasteiger partial charge in [-0.2, -0.15) is 0 Å². The van der Waals surface area contributed by atoms with Crippen molar-refractivity contribution >= 4 is 40.1 Å². The Balaban J connectivity index is 1.38. The predicted octanol–water partition coefficient (Wildman–Crippen LogP) is 6.30. The first-order valence-corrected chi connectivity index (χ1v) is 11.3. The number of carbonyl (C=O) groups is 2. The lowest BCUT2D eigenvalue weighted by Gasteiger charge is -2.12. The van der Waals surface area contributed by atoms with E-state index in [9.17, 15) is 14.7 Å². The zero-order chi connectivity index (χ0) is 25.1. The highest BCUT2D eigenvalue weighted by Crippen LogP contribution is 2.28. The number of para-hydroxylation sites is 1. The van der Waals surface area contributed by atoms with Gasteiger partial charge in [-0.1, -0.05) is 54.6 Å². The zero-order valence-electron chi connectivity index (χ0n) is 19.4. The molecular formula is C29H22N4O3. The molecule has 0 spiro atoms. The van der Waals surface area contributed by atoms with Gasteiger partial charge in [0.25, 0.3) is 5.91 Å². The first-order chi connectivity index (χ1) is 17.5. The third kappa shape index (κ3) is 4.76. The minimum atomic E-state index is -1.05. The summed E-state index contributed by atoms with van der Waals surface area (Å²) in [6.45, 7) is 1.81. The van der Waals surface area contributed by atoms with Crippen LogP contribution in [0.3, 0.4) is 0 Å². The third-order valence-electron chi connectivity index (χ3n) is 5.79. The number of hydrogen-bond donors (Lipinski definition) is 3. The van der Waals surface area contributed by atoms with E-state index >= 15 is 0 Å². The molecule has 1 heterocycles. The first-order valence-electron chi connectivity index (χ1n) is 11.3. The Bertz CT molecular complexity index is 1580. The number of carbonyl (C=O) groups excluding carboxylic acids is 1. The fourth-order valence-electron chi connectivity index (χ4n) is 3.87. The average molecular weight is 475 g/mol. The molecule has 7 heteroatoms. The van der Waals surface area contributed by atoms with Gasteiger partial charge in [-0.15, -0.1) is 0 Å². The Morgan fingerprint density at radius 3 is 2.22 bits per heavy atom. The lowest BCUT2D eigenvalue weighted by molar-refractivity contribution is 0.0696. The van der Waals surface area contributed by atoms with Gasteiger partial charge in [-0.05, 0) is 55.0 Å². The zero-order valence-corrected chi connectivity index (χ0v) is 19.4. The number of nitrogens with one attached hydrogen (secondary N) is 2. The van der Waals surface area contributed by atoms with E-state index in [0.29, 0.717) is 17.2 Å². The van der Waals surface area contributed by atoms with E-state index in [2.05, 4.69) is 15.6 Å². The number of nitrogens with zero attached hydrogens (tertiary/aromatic N) is 2. The van der Waals surface area contributed by atoms with Gasteiger partial charge in [0.1, 0.15) is 0 Å². The van der Waals surface area contributed by atoms with Gasteiger partial charge < -0.3 is 15.7 Å². The summed E-state index contributed by atoms with van der Waals surface area (Å²) >= 11 is 0. The molecule has 0 saturated carbocycles. The van der Waals surface area contributed by atoms with Gasteiger partial charge in [0.2, 0.25) is 5.95 Å². The molecule has 0 aliphatic rings. The summed E-state index contributed by atoms with van der Waals surface area (Å²) in [7, 11) is 0. The Morgan fingerprint density at radius 2 is 1.47 bits per heavy atom. The van der Waals surface area contributed by atoms with Crippen molar-refractivity contribution in [3.8, 4) is 11.3 Å². The van der Waals surface area contributed by atoms with E-state index in [1.54, 1.807) is 30.3 Å². The fourth-order valence-corrected chi connectivity index (χ4v) is 3.87. The van der Waals surface area contributed by atoms with E-state index in [1.165, 1.54) is 12.1 Å². The number of carboxylic acids is 1. The molecule has 0 radical (unpaired) electrons. The molecule has 0 bridgehead atoms. The van der Waals surface area contributed by atoms with Crippen LogP contribution in [0.15, 0.2) is 97.1 Å². The van der Waals surface area contributed by atoms with Crippen molar-refractivity contribution < 1.29 is 14.7 Å². The summed E-state index contributed by atoms with van der Waals surface area (Å²) in [4.78, 5) is 33.4. The first kappa shape index (κ1) is 22.7. The maximum absolute atomic E-state index is 12.8. The normalized spacial score (nSPS) is 10.7. The van der Waals surface area contributed by atoms with Gasteiger partial charge in [0.05, 0.1) is 16.8 Å². The Morgan fingerprint density at radius 1 is 0.778 bits per heavy atom. The Labute approximate surface area is 207 Å². The van der Waals surface area contributed by atoms with Crippen molar-refractivity contribution in [3.05, 3.63) is 114 Å². The minimum absolute atomic E-state index is 0.112. The van der Waals surface area contributed by atoms with Gasteiger partial charge >= 0.3 is 5.97 Å². The number of rotatable bonds is 6. The van der Waals surface area contributed by atoms with Gasteiger partial charge in [0.15, 0.2) is 0 Å². The smallest absolute Gasteiger partial charge is 0.335 e. The van der Waals surface area contributed by atoms with Crippen molar-refractivity contribution in [2.24, 2.45) is 0 Å². The molecule has 4 aromatic carbocycles. The number of benzene rings is 4. The highest BCUT2D eigenvalue weighted by Gasteiger charge is 2.12. The van der Waals surface area contributed by atoms with Crippen LogP contribution in [0.25, 0.3) is 22.2 Å². The predicted molar refractivity (Wildman–Crippen MR) is 141 cm³/mol. The summed E-state index contributed by atoms with van der Waals surface area (Å²) in [5.41, 5.74) is 5.15. The number of aryl methyl sites for hydroxylation is 1. The summed E-state index contributed by atoms with van der Waals surface area (Å²) in [6, 6.07) is 29.3. The monoisotopic (exact) mass is 474 g/mol. The fraction of sp³-hybridized carbons (Fsp3) is 0.0345. The summed E-state index contributed by atoms with van der Waals surface area (Å²) < 4.78 is 0. The molecule has 5 aromatic rings. The van der Waals surface area contributed by atoms with Crippen LogP contribution >= 0.6 is 0 Å². The third-order valence-corrected chi connectivity index (χ3v) is 5.79. The van der Waals surface area contributed by atoms with Crippen LogP contribution in [0, 0.1) is 6.92 Å². The summed E-state index contributed by atoms with van der Waals surface area (Å²) in [5, 5.41) is 16.2. The molecule has 0 aliphatic carbocycles. The second-order valence-corrected chi connectivity index (χ2v) is 8.27. The van der Waals surface area contributed by atoms with Crippen molar-refractivity contribution in [3.63, 3.8) is 0 Å². The highest BCUT2D eigenvalue weighted by atomic mass is 16.4. The summed E-state index contributed by atoms with van der Waals surface area (Å²) in [5.74, 6) is -0.932. The number of amides is 1. The lowest BCUT2D eigenvalue weighted by atomic mass is 10.1. The van der Waals surface area contributed by atoms with Crippen molar-refractivity contribution in [2.45, 2.75) is 6.92 Å². The number of fused-ring (bicyclic) bond motifs is 1. The molecule has 176 valence electrons. The highest BCUT2D eigenvalue weighted by molar-refractivity contribution is 6.05. The van der Waals surface area contributed by atoms with E-state index in [-0.39, 0.29) is 11.5 Å².